The van der Waals surface area contributed by atoms with Gasteiger partial charge in [0.1, 0.15) is 0 Å². The topological polar surface area (TPSA) is 102 Å². The van der Waals surface area contributed by atoms with Gasteiger partial charge in [-0.3, -0.25) is 14.8 Å². The number of hydrogen-bond donors (Lipinski definition) is 1. The first-order valence-corrected chi connectivity index (χ1v) is 7.86. The van der Waals surface area contributed by atoms with E-state index in [4.69, 9.17) is 0 Å². The Hall–Kier alpha value is -1.52. The number of hydrogen-bond acceptors (Lipinski definition) is 6. The lowest BCUT2D eigenvalue weighted by Crippen LogP contribution is -2.12. The maximum atomic E-state index is 12.0. The van der Waals surface area contributed by atoms with Crippen LogP contribution in [0.25, 0.3) is 0 Å². The lowest BCUT2D eigenvalue weighted by molar-refractivity contribution is -0.384. The van der Waals surface area contributed by atoms with E-state index in [2.05, 4.69) is 25.6 Å². The van der Waals surface area contributed by atoms with Gasteiger partial charge in [0.15, 0.2) is 5.13 Å². The molecule has 0 bridgehead atoms. The Labute approximate surface area is 120 Å². The molecular formula is C9H6BrN3O4S2. The second-order valence-corrected chi connectivity index (χ2v) is 7.42. The van der Waals surface area contributed by atoms with E-state index in [1.54, 1.807) is 0 Å². The van der Waals surface area contributed by atoms with Crippen LogP contribution in [0.15, 0.2) is 39.1 Å². The molecule has 0 aliphatic rings. The molecule has 0 aliphatic heterocycles. The third-order valence-electron chi connectivity index (χ3n) is 2.06. The number of thiazole rings is 1. The van der Waals surface area contributed by atoms with Crippen LogP contribution in [0.4, 0.5) is 10.8 Å². The molecule has 0 saturated carbocycles. The van der Waals surface area contributed by atoms with Crippen LogP contribution in [0.3, 0.4) is 0 Å². The van der Waals surface area contributed by atoms with E-state index in [9.17, 15) is 18.5 Å². The van der Waals surface area contributed by atoms with Crippen LogP contribution < -0.4 is 4.72 Å². The van der Waals surface area contributed by atoms with Gasteiger partial charge in [-0.25, -0.2) is 13.4 Å². The van der Waals surface area contributed by atoms with E-state index < -0.39 is 14.9 Å². The van der Waals surface area contributed by atoms with Crippen LogP contribution in [-0.4, -0.2) is 18.3 Å². The fourth-order valence-electron chi connectivity index (χ4n) is 1.22. The van der Waals surface area contributed by atoms with E-state index >= 15 is 0 Å². The third-order valence-corrected chi connectivity index (χ3v) is 4.93. The number of anilines is 1. The van der Waals surface area contributed by atoms with Gasteiger partial charge in [0.25, 0.3) is 15.7 Å². The van der Waals surface area contributed by atoms with Crippen LogP contribution >= 0.6 is 27.3 Å². The summed E-state index contributed by atoms with van der Waals surface area (Å²) in [6.45, 7) is 0. The number of aromatic nitrogens is 1. The van der Waals surface area contributed by atoms with E-state index in [0.29, 0.717) is 3.79 Å². The quantitative estimate of drug-likeness (QED) is 0.664. The zero-order valence-corrected chi connectivity index (χ0v) is 12.3. The van der Waals surface area contributed by atoms with Crippen LogP contribution in [0.5, 0.6) is 0 Å². The number of benzene rings is 1. The molecule has 7 nitrogen and oxygen atoms in total. The van der Waals surface area contributed by atoms with Crippen molar-refractivity contribution in [2.75, 3.05) is 4.72 Å². The van der Waals surface area contributed by atoms with E-state index in [-0.39, 0.29) is 15.7 Å². The Morgan fingerprint density at radius 1 is 1.32 bits per heavy atom. The highest BCUT2D eigenvalue weighted by Crippen LogP contribution is 2.26. The van der Waals surface area contributed by atoms with Gasteiger partial charge in [-0.15, -0.1) is 0 Å². The van der Waals surface area contributed by atoms with Crippen molar-refractivity contribution < 1.29 is 13.3 Å². The maximum Gasteiger partial charge on any atom is 0.269 e. The van der Waals surface area contributed by atoms with E-state index in [1.165, 1.54) is 18.3 Å². The smallest absolute Gasteiger partial charge is 0.258 e. The number of sulfonamides is 1. The second kappa shape index (κ2) is 5.23. The highest BCUT2D eigenvalue weighted by atomic mass is 79.9. The molecule has 0 atom stereocenters. The van der Waals surface area contributed by atoms with Crippen molar-refractivity contribution in [2.45, 2.75) is 4.90 Å². The van der Waals surface area contributed by atoms with Gasteiger partial charge in [-0.2, -0.15) is 0 Å². The first kappa shape index (κ1) is 13.9. The summed E-state index contributed by atoms with van der Waals surface area (Å²) in [7, 11) is -3.79. The predicted octanol–water partition coefficient (Wildman–Crippen LogP) is 2.61. The van der Waals surface area contributed by atoms with Gasteiger partial charge in [-0.1, -0.05) is 11.3 Å². The zero-order valence-electron chi connectivity index (χ0n) is 9.11. The molecule has 19 heavy (non-hydrogen) atoms. The minimum Gasteiger partial charge on any atom is -0.258 e. The number of halogens is 1. The monoisotopic (exact) mass is 363 g/mol. The fraction of sp³-hybridized carbons (Fsp3) is 0. The predicted molar refractivity (Wildman–Crippen MR) is 73.7 cm³/mol. The first-order chi connectivity index (χ1) is 8.88. The maximum absolute atomic E-state index is 12.0. The molecule has 2 aromatic rings. The Bertz CT molecular complexity index is 711. The summed E-state index contributed by atoms with van der Waals surface area (Å²) in [6, 6.07) is 4.60. The molecule has 0 aliphatic carbocycles. The number of nitro benzene ring substituents is 1. The van der Waals surface area contributed by atoms with Crippen molar-refractivity contribution in [3.8, 4) is 0 Å². The Kier molecular flexibility index (Phi) is 3.83. The van der Waals surface area contributed by atoms with E-state index in [1.807, 2.05) is 0 Å². The molecule has 0 radical (unpaired) electrons. The van der Waals surface area contributed by atoms with Crippen molar-refractivity contribution in [1.82, 2.24) is 4.98 Å². The highest BCUT2D eigenvalue weighted by Gasteiger charge is 2.17. The Morgan fingerprint density at radius 2 is 1.95 bits per heavy atom. The minimum atomic E-state index is -3.79. The standard InChI is InChI=1S/C9H6BrN3O4S2/c10-8-5-11-9(18-8)12-19(16,17)7-3-1-6(2-4-7)13(14)15/h1-5H,(H,11,12). The SMILES string of the molecule is O=[N+]([O-])c1ccc(S(=O)(=O)Nc2ncc(Br)s2)cc1. The largest absolute Gasteiger partial charge is 0.269 e. The van der Waals surface area contributed by atoms with Crippen LogP contribution in [0, 0.1) is 10.1 Å². The zero-order chi connectivity index (χ0) is 14.0. The number of non-ortho nitro benzene ring substituents is 1. The lowest BCUT2D eigenvalue weighted by Gasteiger charge is -2.04. The molecule has 0 unspecified atom stereocenters. The molecule has 1 aromatic heterocycles. The lowest BCUT2D eigenvalue weighted by atomic mass is 10.3. The van der Waals surface area contributed by atoms with Gasteiger partial charge in [0.05, 0.1) is 19.8 Å². The fourth-order valence-corrected chi connectivity index (χ4v) is 3.57. The van der Waals surface area contributed by atoms with Gasteiger partial charge >= 0.3 is 0 Å². The number of nitrogens with zero attached hydrogens (tertiary/aromatic N) is 2. The third kappa shape index (κ3) is 3.28. The van der Waals surface area contributed by atoms with Crippen molar-refractivity contribution in [2.24, 2.45) is 0 Å². The molecule has 2 rings (SSSR count). The van der Waals surface area contributed by atoms with Crippen molar-refractivity contribution in [3.05, 3.63) is 44.4 Å². The molecule has 0 fully saturated rings. The summed E-state index contributed by atoms with van der Waals surface area (Å²) in [5.74, 6) is 0. The molecule has 0 saturated heterocycles. The molecule has 1 heterocycles. The summed E-state index contributed by atoms with van der Waals surface area (Å²) < 4.78 is 26.9. The highest BCUT2D eigenvalue weighted by molar-refractivity contribution is 9.11. The Morgan fingerprint density at radius 3 is 2.42 bits per heavy atom. The summed E-state index contributed by atoms with van der Waals surface area (Å²) >= 11 is 4.29. The van der Waals surface area contributed by atoms with Gasteiger partial charge < -0.3 is 0 Å². The molecule has 1 N–H and O–H groups in total. The summed E-state index contributed by atoms with van der Waals surface area (Å²) in [6.07, 6.45) is 1.47. The summed E-state index contributed by atoms with van der Waals surface area (Å²) in [5, 5.41) is 10.7. The van der Waals surface area contributed by atoms with Crippen LogP contribution in [0.1, 0.15) is 0 Å². The van der Waals surface area contributed by atoms with Crippen LogP contribution in [0.2, 0.25) is 0 Å². The molecule has 10 heteroatoms. The van der Waals surface area contributed by atoms with Gasteiger partial charge in [0, 0.05) is 12.1 Å². The van der Waals surface area contributed by atoms with Crippen LogP contribution in [-0.2, 0) is 10.0 Å². The molecular weight excluding hydrogens is 358 g/mol. The Balaban J connectivity index is 2.26. The molecule has 0 amide bonds. The average molecular weight is 364 g/mol. The van der Waals surface area contributed by atoms with Crippen molar-refractivity contribution in [1.29, 1.82) is 0 Å². The van der Waals surface area contributed by atoms with Gasteiger partial charge in [0.2, 0.25) is 0 Å². The minimum absolute atomic E-state index is 0.0653. The van der Waals surface area contributed by atoms with Gasteiger partial charge in [-0.05, 0) is 28.1 Å². The van der Waals surface area contributed by atoms with Crippen molar-refractivity contribution in [3.63, 3.8) is 0 Å². The first-order valence-electron chi connectivity index (χ1n) is 4.77. The molecule has 100 valence electrons. The second-order valence-electron chi connectivity index (χ2n) is 3.33. The number of rotatable bonds is 4. The van der Waals surface area contributed by atoms with E-state index in [0.717, 1.165) is 23.5 Å². The number of nitro groups is 1. The molecule has 1 aromatic carbocycles. The summed E-state index contributed by atoms with van der Waals surface area (Å²) in [4.78, 5) is 13.7. The number of nitrogens with one attached hydrogen (secondary N) is 1. The molecule has 0 spiro atoms. The normalized spacial score (nSPS) is 11.2. The van der Waals surface area contributed by atoms with Crippen molar-refractivity contribution >= 4 is 48.1 Å². The summed E-state index contributed by atoms with van der Waals surface area (Å²) in [5.41, 5.74) is -0.170. The average Bonchev–Trinajstić information content (AvgIpc) is 2.74.